The zero-order chi connectivity index (χ0) is 14.7. The Morgan fingerprint density at radius 2 is 1.95 bits per heavy atom. The van der Waals surface area contributed by atoms with Gasteiger partial charge in [0.1, 0.15) is 12.1 Å². The minimum Gasteiger partial charge on any atom is -0.435 e. The molecule has 3 unspecified atom stereocenters. The number of hydrogen-bond donors (Lipinski definition) is 1. The molecule has 1 N–H and O–H groups in total. The number of carbonyl (C=O) groups is 2. The standard InChI is InChI=1S/C14H22N2O4/c1-14(2,3)16(13(18)19)5-4-15(11(17)6-16)12-9-7-20-8-10(9)12/h9-10,12H,4-8H2,1-3H3/p+1. The Bertz CT molecular complexity index is 449. The van der Waals surface area contributed by atoms with Crippen LogP contribution in [0.4, 0.5) is 4.79 Å². The smallest absolute Gasteiger partial charge is 0.435 e. The van der Waals surface area contributed by atoms with Crippen molar-refractivity contribution in [1.29, 1.82) is 0 Å². The number of ether oxygens (including phenoxy) is 1. The van der Waals surface area contributed by atoms with Crippen molar-refractivity contribution >= 4 is 12.0 Å². The fourth-order valence-corrected chi connectivity index (χ4v) is 3.81. The fourth-order valence-electron chi connectivity index (χ4n) is 3.81. The SMILES string of the molecule is CC(C)(C)[N+]1(C(=O)O)CCN(C2C3COCC32)C(=O)C1. The molecule has 2 amide bonds. The fraction of sp³-hybridized carbons (Fsp3) is 0.857. The molecule has 0 radical (unpaired) electrons. The molecular formula is C14H23N2O4+. The summed E-state index contributed by atoms with van der Waals surface area (Å²) in [6, 6.07) is 0.298. The first-order chi connectivity index (χ1) is 9.28. The molecule has 3 aliphatic rings. The summed E-state index contributed by atoms with van der Waals surface area (Å²) in [4.78, 5) is 26.1. The van der Waals surface area contributed by atoms with Crippen molar-refractivity contribution in [2.24, 2.45) is 11.8 Å². The molecule has 3 atom stereocenters. The van der Waals surface area contributed by atoms with Crippen molar-refractivity contribution in [2.45, 2.75) is 32.4 Å². The molecule has 20 heavy (non-hydrogen) atoms. The van der Waals surface area contributed by atoms with E-state index >= 15 is 0 Å². The van der Waals surface area contributed by atoms with Gasteiger partial charge in [-0.3, -0.25) is 4.79 Å². The first-order valence-electron chi connectivity index (χ1n) is 7.26. The van der Waals surface area contributed by atoms with Crippen LogP contribution in [0.2, 0.25) is 0 Å². The first kappa shape index (κ1) is 13.8. The van der Waals surface area contributed by atoms with Crippen LogP contribution in [0.5, 0.6) is 0 Å². The maximum absolute atomic E-state index is 12.5. The number of carboxylic acid groups (broad SMARTS) is 1. The third kappa shape index (κ3) is 1.78. The van der Waals surface area contributed by atoms with E-state index in [9.17, 15) is 14.7 Å². The summed E-state index contributed by atoms with van der Waals surface area (Å²) in [5, 5.41) is 9.63. The molecule has 2 saturated heterocycles. The van der Waals surface area contributed by atoms with E-state index < -0.39 is 11.6 Å². The van der Waals surface area contributed by atoms with Gasteiger partial charge in [-0.25, -0.2) is 4.48 Å². The van der Waals surface area contributed by atoms with Gasteiger partial charge in [0.05, 0.1) is 19.8 Å². The van der Waals surface area contributed by atoms with Crippen LogP contribution in [0.25, 0.3) is 0 Å². The molecular weight excluding hydrogens is 260 g/mol. The van der Waals surface area contributed by atoms with Crippen molar-refractivity contribution in [2.75, 3.05) is 32.8 Å². The van der Waals surface area contributed by atoms with Crippen molar-refractivity contribution in [3.05, 3.63) is 0 Å². The maximum atomic E-state index is 12.5. The molecule has 112 valence electrons. The van der Waals surface area contributed by atoms with Gasteiger partial charge in [0.2, 0.25) is 0 Å². The number of carbonyl (C=O) groups excluding carboxylic acids is 1. The Kier molecular flexibility index (Phi) is 2.89. The highest BCUT2D eigenvalue weighted by Gasteiger charge is 2.61. The van der Waals surface area contributed by atoms with Crippen LogP contribution in [-0.2, 0) is 9.53 Å². The van der Waals surface area contributed by atoms with Gasteiger partial charge in [-0.15, -0.1) is 0 Å². The van der Waals surface area contributed by atoms with Crippen molar-refractivity contribution < 1.29 is 23.9 Å². The van der Waals surface area contributed by atoms with E-state index in [2.05, 4.69) is 0 Å². The third-order valence-corrected chi connectivity index (χ3v) is 5.37. The summed E-state index contributed by atoms with van der Waals surface area (Å²) < 4.78 is 5.19. The normalized spacial score (nSPS) is 40.6. The molecule has 0 aromatic heterocycles. The molecule has 2 heterocycles. The Hall–Kier alpha value is -1.14. The Balaban J connectivity index is 1.76. The van der Waals surface area contributed by atoms with Crippen LogP contribution in [0.3, 0.4) is 0 Å². The van der Waals surface area contributed by atoms with Gasteiger partial charge in [-0.05, 0) is 20.8 Å². The van der Waals surface area contributed by atoms with Gasteiger partial charge in [-0.1, -0.05) is 0 Å². The zero-order valence-electron chi connectivity index (χ0n) is 12.3. The molecule has 0 bridgehead atoms. The highest BCUT2D eigenvalue weighted by atomic mass is 16.5. The molecule has 0 aromatic rings. The number of nitrogens with zero attached hydrogens (tertiary/aromatic N) is 2. The summed E-state index contributed by atoms with van der Waals surface area (Å²) >= 11 is 0. The Labute approximate surface area is 118 Å². The number of piperazine rings is 1. The summed E-state index contributed by atoms with van der Waals surface area (Å²) in [6.45, 7) is 8.27. The van der Waals surface area contributed by atoms with Crippen LogP contribution < -0.4 is 0 Å². The number of hydrogen-bond acceptors (Lipinski definition) is 3. The van der Waals surface area contributed by atoms with Gasteiger partial charge in [0, 0.05) is 17.9 Å². The van der Waals surface area contributed by atoms with Gasteiger partial charge in [0.15, 0.2) is 6.54 Å². The largest absolute Gasteiger partial charge is 0.514 e. The first-order valence-corrected chi connectivity index (χ1v) is 7.26. The number of rotatable bonds is 1. The van der Waals surface area contributed by atoms with Crippen LogP contribution >= 0.6 is 0 Å². The molecule has 3 fully saturated rings. The third-order valence-electron chi connectivity index (χ3n) is 5.37. The second-order valence-electron chi connectivity index (χ2n) is 7.25. The average molecular weight is 283 g/mol. The molecule has 3 rings (SSSR count). The quantitative estimate of drug-likeness (QED) is 0.722. The van der Waals surface area contributed by atoms with Gasteiger partial charge in [0.25, 0.3) is 5.91 Å². The summed E-state index contributed by atoms with van der Waals surface area (Å²) in [5.41, 5.74) is -0.476. The lowest BCUT2D eigenvalue weighted by Gasteiger charge is -2.47. The molecule has 1 aliphatic carbocycles. The van der Waals surface area contributed by atoms with E-state index in [0.29, 0.717) is 31.0 Å². The van der Waals surface area contributed by atoms with Gasteiger partial charge < -0.3 is 14.7 Å². The van der Waals surface area contributed by atoms with E-state index in [1.807, 2.05) is 25.7 Å². The van der Waals surface area contributed by atoms with E-state index in [1.54, 1.807) is 0 Å². The van der Waals surface area contributed by atoms with E-state index in [0.717, 1.165) is 13.2 Å². The summed E-state index contributed by atoms with van der Waals surface area (Å²) in [5.74, 6) is 0.949. The molecule has 6 nitrogen and oxygen atoms in total. The molecule has 0 spiro atoms. The minimum atomic E-state index is -0.898. The second-order valence-corrected chi connectivity index (χ2v) is 7.25. The average Bonchev–Trinajstić information content (AvgIpc) is 2.80. The Morgan fingerprint density at radius 3 is 2.40 bits per heavy atom. The zero-order valence-corrected chi connectivity index (χ0v) is 12.3. The lowest BCUT2D eigenvalue weighted by Crippen LogP contribution is -2.71. The van der Waals surface area contributed by atoms with Crippen LogP contribution in [0.15, 0.2) is 0 Å². The predicted molar refractivity (Wildman–Crippen MR) is 71.1 cm³/mol. The lowest BCUT2D eigenvalue weighted by atomic mass is 9.99. The van der Waals surface area contributed by atoms with Crippen molar-refractivity contribution in [1.82, 2.24) is 4.90 Å². The van der Waals surface area contributed by atoms with E-state index in [4.69, 9.17) is 4.74 Å². The van der Waals surface area contributed by atoms with Crippen molar-refractivity contribution in [3.63, 3.8) is 0 Å². The number of quaternary nitrogens is 1. The van der Waals surface area contributed by atoms with E-state index in [-0.39, 0.29) is 16.9 Å². The van der Waals surface area contributed by atoms with Crippen LogP contribution in [0.1, 0.15) is 20.8 Å². The van der Waals surface area contributed by atoms with E-state index in [1.165, 1.54) is 0 Å². The highest BCUT2D eigenvalue weighted by molar-refractivity contribution is 5.80. The number of amides is 2. The van der Waals surface area contributed by atoms with Crippen LogP contribution in [-0.4, -0.2) is 70.9 Å². The lowest BCUT2D eigenvalue weighted by molar-refractivity contribution is -0.899. The highest BCUT2D eigenvalue weighted by Crippen LogP contribution is 2.48. The monoisotopic (exact) mass is 283 g/mol. The minimum absolute atomic E-state index is 0.0204. The predicted octanol–water partition coefficient (Wildman–Crippen LogP) is 0.767. The summed E-state index contributed by atoms with van der Waals surface area (Å²) in [7, 11) is 0. The van der Waals surface area contributed by atoms with Crippen molar-refractivity contribution in [3.8, 4) is 0 Å². The second kappa shape index (κ2) is 4.18. The topological polar surface area (TPSA) is 66.8 Å². The maximum Gasteiger partial charge on any atom is 0.514 e. The molecule has 0 aromatic carbocycles. The Morgan fingerprint density at radius 1 is 1.35 bits per heavy atom. The van der Waals surface area contributed by atoms with Gasteiger partial charge >= 0.3 is 6.09 Å². The number of fused-ring (bicyclic) bond motifs is 1. The molecule has 1 saturated carbocycles. The van der Waals surface area contributed by atoms with Crippen LogP contribution in [0, 0.1) is 11.8 Å². The molecule has 2 aliphatic heterocycles. The summed E-state index contributed by atoms with van der Waals surface area (Å²) in [6.07, 6.45) is -0.898. The molecule has 6 heteroatoms. The van der Waals surface area contributed by atoms with Gasteiger partial charge in [-0.2, -0.15) is 4.79 Å².